The van der Waals surface area contributed by atoms with Crippen LogP contribution in [0.2, 0.25) is 0 Å². The van der Waals surface area contributed by atoms with Gasteiger partial charge in [0.2, 0.25) is 0 Å². The fourth-order valence-corrected chi connectivity index (χ4v) is 3.62. The van der Waals surface area contributed by atoms with E-state index in [0.717, 1.165) is 37.9 Å². The fourth-order valence-electron chi connectivity index (χ4n) is 3.62. The number of quaternary nitrogens is 1. The number of carbonyl (C=O) groups excluding carboxylic acids is 1. The molecule has 1 saturated heterocycles. The Morgan fingerprint density at radius 3 is 3.00 bits per heavy atom. The van der Waals surface area contributed by atoms with Gasteiger partial charge in [0.05, 0.1) is 0 Å². The van der Waals surface area contributed by atoms with Gasteiger partial charge in [-0.05, 0) is 32.4 Å². The van der Waals surface area contributed by atoms with Crippen molar-refractivity contribution in [3.8, 4) is 0 Å². The molecule has 1 aromatic rings. The fraction of sp³-hybridized carbons (Fsp3) is 0.533. The van der Waals surface area contributed by atoms with E-state index in [9.17, 15) is 10.0 Å². The third-order valence-electron chi connectivity index (χ3n) is 4.44. The molecule has 2 heterocycles. The van der Waals surface area contributed by atoms with E-state index in [2.05, 4.69) is 11.8 Å². The van der Waals surface area contributed by atoms with Gasteiger partial charge in [-0.1, -0.05) is 25.1 Å². The highest BCUT2D eigenvalue weighted by molar-refractivity contribution is 5.89. The summed E-state index contributed by atoms with van der Waals surface area (Å²) >= 11 is 0. The molecule has 0 bridgehead atoms. The van der Waals surface area contributed by atoms with Gasteiger partial charge in [-0.3, -0.25) is 5.06 Å². The minimum absolute atomic E-state index is 0.186. The molecule has 2 aliphatic heterocycles. The lowest BCUT2D eigenvalue weighted by atomic mass is 9.75. The molecule has 1 aromatic carbocycles. The molecule has 1 spiro atoms. The van der Waals surface area contributed by atoms with Crippen LogP contribution in [0.3, 0.4) is 0 Å². The lowest BCUT2D eigenvalue weighted by molar-refractivity contribution is -0.686. The topological polar surface area (TPSA) is 47.8 Å². The van der Waals surface area contributed by atoms with E-state index in [1.54, 1.807) is 6.07 Å². The van der Waals surface area contributed by atoms with E-state index < -0.39 is 5.41 Å². The van der Waals surface area contributed by atoms with Gasteiger partial charge in [0.15, 0.2) is 0 Å². The van der Waals surface area contributed by atoms with Gasteiger partial charge in [0, 0.05) is 18.2 Å². The molecule has 2 aliphatic rings. The number of hydrogen-bond acceptors (Lipinski definition) is 3. The maximum absolute atomic E-state index is 12.5. The van der Waals surface area contributed by atoms with Crippen LogP contribution < -0.4 is 5.06 Å². The standard InChI is InChI=1S/C15H20N2O2/c1-2-9-16-10-5-8-15(11-16)12-6-3-4-7-13(12)17(19)14(15)18/h3-4,6-7,17H,2,5,8-11H2,1H3. The number of likely N-dealkylation sites (tertiary alicyclic amines) is 1. The summed E-state index contributed by atoms with van der Waals surface area (Å²) in [7, 11) is 0. The SMILES string of the molecule is CCCN1CCCC2(C1)C(=O)[NH+]([O-])c1ccccc12. The van der Waals surface area contributed by atoms with Gasteiger partial charge >= 0.3 is 5.91 Å². The Bertz CT molecular complexity index is 501. The monoisotopic (exact) mass is 260 g/mol. The Balaban J connectivity index is 2.01. The summed E-state index contributed by atoms with van der Waals surface area (Å²) in [4.78, 5) is 14.8. The van der Waals surface area contributed by atoms with E-state index in [4.69, 9.17) is 0 Å². The second kappa shape index (κ2) is 4.71. The second-order valence-corrected chi connectivity index (χ2v) is 5.67. The smallest absolute Gasteiger partial charge is 0.329 e. The van der Waals surface area contributed by atoms with Crippen LogP contribution in [0.4, 0.5) is 5.69 Å². The van der Waals surface area contributed by atoms with Gasteiger partial charge in [-0.25, -0.2) is 4.79 Å². The summed E-state index contributed by atoms with van der Waals surface area (Å²) in [5.41, 5.74) is 1.04. The third kappa shape index (κ3) is 1.83. The molecule has 1 amide bonds. The molecule has 102 valence electrons. The highest BCUT2D eigenvalue weighted by atomic mass is 16.5. The van der Waals surface area contributed by atoms with Crippen molar-refractivity contribution in [2.45, 2.75) is 31.6 Å². The van der Waals surface area contributed by atoms with Crippen LogP contribution in [0.1, 0.15) is 31.7 Å². The number of nitrogens with one attached hydrogen (secondary N) is 1. The van der Waals surface area contributed by atoms with Gasteiger partial charge in [-0.2, -0.15) is 0 Å². The largest absolute Gasteiger partial charge is 0.621 e. The first-order valence-corrected chi connectivity index (χ1v) is 7.10. The van der Waals surface area contributed by atoms with E-state index in [1.165, 1.54) is 0 Å². The minimum atomic E-state index is -0.554. The van der Waals surface area contributed by atoms with Gasteiger partial charge in [0.1, 0.15) is 11.1 Å². The normalized spacial score (nSPS) is 30.8. The lowest BCUT2D eigenvalue weighted by Crippen LogP contribution is -3.05. The first kappa shape index (κ1) is 12.8. The van der Waals surface area contributed by atoms with E-state index in [-0.39, 0.29) is 11.0 Å². The number of piperidine rings is 1. The zero-order valence-corrected chi connectivity index (χ0v) is 11.3. The molecule has 4 nitrogen and oxygen atoms in total. The molecule has 3 rings (SSSR count). The number of para-hydroxylation sites is 1. The van der Waals surface area contributed by atoms with E-state index in [0.29, 0.717) is 12.2 Å². The van der Waals surface area contributed by atoms with Crippen LogP contribution in [0.25, 0.3) is 0 Å². The number of hydroxylamine groups is 1. The third-order valence-corrected chi connectivity index (χ3v) is 4.44. The van der Waals surface area contributed by atoms with Crippen molar-refractivity contribution in [2.24, 2.45) is 0 Å². The van der Waals surface area contributed by atoms with Crippen molar-refractivity contribution < 1.29 is 9.86 Å². The molecule has 0 radical (unpaired) electrons. The Hall–Kier alpha value is -1.23. The van der Waals surface area contributed by atoms with Crippen molar-refractivity contribution in [3.63, 3.8) is 0 Å². The van der Waals surface area contributed by atoms with Crippen molar-refractivity contribution in [1.29, 1.82) is 0 Å². The zero-order valence-electron chi connectivity index (χ0n) is 11.3. The predicted octanol–water partition coefficient (Wildman–Crippen LogP) is 0.985. The highest BCUT2D eigenvalue weighted by Crippen LogP contribution is 2.40. The second-order valence-electron chi connectivity index (χ2n) is 5.67. The molecule has 2 atom stereocenters. The molecule has 0 saturated carbocycles. The average Bonchev–Trinajstić information content (AvgIpc) is 2.64. The van der Waals surface area contributed by atoms with Crippen molar-refractivity contribution in [1.82, 2.24) is 4.90 Å². The molecule has 0 aliphatic carbocycles. The van der Waals surface area contributed by atoms with Crippen LogP contribution in [0.15, 0.2) is 24.3 Å². The number of rotatable bonds is 2. The van der Waals surface area contributed by atoms with Gasteiger partial charge < -0.3 is 10.1 Å². The van der Waals surface area contributed by atoms with Crippen LogP contribution in [0.5, 0.6) is 0 Å². The molecule has 1 N–H and O–H groups in total. The minimum Gasteiger partial charge on any atom is -0.621 e. The summed E-state index contributed by atoms with van der Waals surface area (Å²) < 4.78 is 0. The summed E-state index contributed by atoms with van der Waals surface area (Å²) in [6.45, 7) is 4.91. The Morgan fingerprint density at radius 2 is 2.21 bits per heavy atom. The molecular formula is C15H20N2O2. The molecule has 1 fully saturated rings. The first-order valence-electron chi connectivity index (χ1n) is 7.10. The molecular weight excluding hydrogens is 240 g/mol. The summed E-state index contributed by atoms with van der Waals surface area (Å²) in [5, 5.41) is 11.9. The van der Waals surface area contributed by atoms with Gasteiger partial charge in [-0.15, -0.1) is 0 Å². The number of carbonyl (C=O) groups is 1. The first-order chi connectivity index (χ1) is 9.19. The van der Waals surface area contributed by atoms with Crippen molar-refractivity contribution in [3.05, 3.63) is 35.0 Å². The quantitative estimate of drug-likeness (QED) is 0.807. The van der Waals surface area contributed by atoms with Crippen LogP contribution in [-0.4, -0.2) is 30.4 Å². The summed E-state index contributed by atoms with van der Waals surface area (Å²) in [5.74, 6) is -0.186. The van der Waals surface area contributed by atoms with Crippen LogP contribution >= 0.6 is 0 Å². The summed E-state index contributed by atoms with van der Waals surface area (Å²) in [6, 6.07) is 7.54. The van der Waals surface area contributed by atoms with Crippen molar-refractivity contribution in [2.75, 3.05) is 19.6 Å². The molecule has 19 heavy (non-hydrogen) atoms. The molecule has 0 aromatic heterocycles. The molecule has 4 heteroatoms. The number of amides is 1. The number of fused-ring (bicyclic) bond motifs is 2. The number of benzene rings is 1. The average molecular weight is 260 g/mol. The predicted molar refractivity (Wildman–Crippen MR) is 73.1 cm³/mol. The van der Waals surface area contributed by atoms with E-state index >= 15 is 0 Å². The van der Waals surface area contributed by atoms with E-state index in [1.807, 2.05) is 18.2 Å². The number of hydrogen-bond donors (Lipinski definition) is 1. The lowest BCUT2D eigenvalue weighted by Gasteiger charge is -2.37. The maximum atomic E-state index is 12.5. The Kier molecular flexibility index (Phi) is 3.17. The Morgan fingerprint density at radius 1 is 1.42 bits per heavy atom. The van der Waals surface area contributed by atoms with Crippen LogP contribution in [-0.2, 0) is 10.2 Å². The highest BCUT2D eigenvalue weighted by Gasteiger charge is 2.54. The number of nitrogens with zero attached hydrogens (tertiary/aromatic N) is 1. The maximum Gasteiger partial charge on any atom is 0.329 e. The molecule has 2 unspecified atom stereocenters. The Labute approximate surface area is 113 Å². The van der Waals surface area contributed by atoms with Gasteiger partial charge in [0.25, 0.3) is 0 Å². The zero-order chi connectivity index (χ0) is 13.5. The van der Waals surface area contributed by atoms with Crippen molar-refractivity contribution >= 4 is 11.6 Å². The van der Waals surface area contributed by atoms with Crippen LogP contribution in [0, 0.1) is 5.21 Å². The summed E-state index contributed by atoms with van der Waals surface area (Å²) in [6.07, 6.45) is 2.89.